The zero-order chi connectivity index (χ0) is 18.5. The van der Waals surface area contributed by atoms with Gasteiger partial charge in [-0.25, -0.2) is 4.79 Å². The van der Waals surface area contributed by atoms with Gasteiger partial charge in [-0.3, -0.25) is 9.88 Å². The molecule has 2 aliphatic rings. The van der Waals surface area contributed by atoms with Crippen LogP contribution in [0, 0.1) is 0 Å². The van der Waals surface area contributed by atoms with Crippen molar-refractivity contribution < 1.29 is 9.53 Å². The molecule has 0 bridgehead atoms. The number of ether oxygens (including phenoxy) is 1. The second-order valence-corrected chi connectivity index (χ2v) is 7.42. The van der Waals surface area contributed by atoms with Gasteiger partial charge in [-0.05, 0) is 37.8 Å². The highest BCUT2D eigenvalue weighted by molar-refractivity contribution is 6.01. The fraction of sp³-hybridized carbons (Fsp3) is 0.524. The maximum Gasteiger partial charge on any atom is 0.322 e. The predicted molar refractivity (Wildman–Crippen MR) is 107 cm³/mol. The number of nitrogens with one attached hydrogen (secondary N) is 1. The van der Waals surface area contributed by atoms with Crippen LogP contribution < -0.4 is 5.32 Å². The molecule has 2 aliphatic heterocycles. The van der Waals surface area contributed by atoms with Crippen molar-refractivity contribution in [1.29, 1.82) is 0 Å². The number of anilines is 1. The Morgan fingerprint density at radius 2 is 2.07 bits per heavy atom. The molecule has 6 nitrogen and oxygen atoms in total. The van der Waals surface area contributed by atoms with Gasteiger partial charge in [0.15, 0.2) is 0 Å². The van der Waals surface area contributed by atoms with Crippen molar-refractivity contribution >= 4 is 22.5 Å². The number of likely N-dealkylation sites (tertiary alicyclic amines) is 1. The first-order valence-electron chi connectivity index (χ1n) is 10.0. The van der Waals surface area contributed by atoms with Crippen molar-refractivity contribution in [1.82, 2.24) is 14.8 Å². The number of hydrogen-bond acceptors (Lipinski definition) is 4. The largest absolute Gasteiger partial charge is 0.379 e. The maximum absolute atomic E-state index is 13.0. The lowest BCUT2D eigenvalue weighted by Crippen LogP contribution is -2.48. The van der Waals surface area contributed by atoms with E-state index in [1.165, 1.54) is 6.42 Å². The second kappa shape index (κ2) is 8.67. The number of rotatable bonds is 4. The van der Waals surface area contributed by atoms with E-state index in [0.717, 1.165) is 75.1 Å². The summed E-state index contributed by atoms with van der Waals surface area (Å²) in [6.45, 7) is 5.53. The van der Waals surface area contributed by atoms with Crippen molar-refractivity contribution in [3.8, 4) is 0 Å². The van der Waals surface area contributed by atoms with Crippen molar-refractivity contribution in [2.45, 2.75) is 31.7 Å². The van der Waals surface area contributed by atoms with E-state index < -0.39 is 0 Å². The first-order valence-corrected chi connectivity index (χ1v) is 10.0. The van der Waals surface area contributed by atoms with Crippen LogP contribution in [0.4, 0.5) is 10.5 Å². The Morgan fingerprint density at radius 3 is 2.96 bits per heavy atom. The molecule has 0 aliphatic carbocycles. The number of hydrogen-bond donors (Lipinski definition) is 1. The molecule has 1 N–H and O–H groups in total. The van der Waals surface area contributed by atoms with Gasteiger partial charge in [0.2, 0.25) is 0 Å². The number of aromatic nitrogens is 1. The fourth-order valence-electron chi connectivity index (χ4n) is 4.14. The zero-order valence-corrected chi connectivity index (χ0v) is 15.8. The molecule has 2 amide bonds. The molecule has 2 aromatic rings. The first-order chi connectivity index (χ1) is 13.3. The Morgan fingerprint density at radius 1 is 1.19 bits per heavy atom. The van der Waals surface area contributed by atoms with Crippen molar-refractivity contribution in [2.24, 2.45) is 0 Å². The molecule has 0 saturated carbocycles. The Balaban J connectivity index is 1.42. The maximum atomic E-state index is 13.0. The summed E-state index contributed by atoms with van der Waals surface area (Å²) in [6.07, 6.45) is 8.02. The molecule has 4 rings (SSSR count). The van der Waals surface area contributed by atoms with Gasteiger partial charge < -0.3 is 15.0 Å². The van der Waals surface area contributed by atoms with Gasteiger partial charge in [-0.2, -0.15) is 0 Å². The minimum Gasteiger partial charge on any atom is -0.379 e. The second-order valence-electron chi connectivity index (χ2n) is 7.42. The van der Waals surface area contributed by atoms with Gasteiger partial charge in [0, 0.05) is 55.4 Å². The molecule has 2 fully saturated rings. The summed E-state index contributed by atoms with van der Waals surface area (Å²) < 4.78 is 5.43. The summed E-state index contributed by atoms with van der Waals surface area (Å²) in [5, 5.41) is 5.22. The number of nitrogens with zero attached hydrogens (tertiary/aromatic N) is 3. The van der Waals surface area contributed by atoms with Gasteiger partial charge in [-0.15, -0.1) is 0 Å². The highest BCUT2D eigenvalue weighted by atomic mass is 16.5. The van der Waals surface area contributed by atoms with Crippen LogP contribution in [-0.2, 0) is 4.74 Å². The summed E-state index contributed by atoms with van der Waals surface area (Å²) >= 11 is 0. The average Bonchev–Trinajstić information content (AvgIpc) is 2.73. The minimum atomic E-state index is 0.0194. The van der Waals surface area contributed by atoms with E-state index in [-0.39, 0.29) is 6.03 Å². The summed E-state index contributed by atoms with van der Waals surface area (Å²) in [6, 6.07) is 8.24. The number of benzene rings is 1. The number of pyridine rings is 1. The van der Waals surface area contributed by atoms with Crippen LogP contribution in [0.15, 0.2) is 36.7 Å². The molecule has 0 radical (unpaired) electrons. The van der Waals surface area contributed by atoms with Crippen molar-refractivity contribution in [3.05, 3.63) is 36.7 Å². The van der Waals surface area contributed by atoms with Crippen LogP contribution in [-0.4, -0.2) is 66.2 Å². The number of fused-ring (bicyclic) bond motifs is 1. The third kappa shape index (κ3) is 4.39. The molecular weight excluding hydrogens is 340 g/mol. The fourth-order valence-corrected chi connectivity index (χ4v) is 4.14. The average molecular weight is 368 g/mol. The molecule has 3 heterocycles. The lowest BCUT2D eigenvalue weighted by Gasteiger charge is -2.37. The summed E-state index contributed by atoms with van der Waals surface area (Å²) in [5.74, 6) is 0. The molecule has 27 heavy (non-hydrogen) atoms. The van der Waals surface area contributed by atoms with Crippen molar-refractivity contribution in [2.75, 3.05) is 44.7 Å². The van der Waals surface area contributed by atoms with E-state index in [1.54, 1.807) is 6.20 Å². The summed E-state index contributed by atoms with van der Waals surface area (Å²) in [7, 11) is 0. The molecular formula is C21H28N4O2. The smallest absolute Gasteiger partial charge is 0.322 e. The zero-order valence-electron chi connectivity index (χ0n) is 15.8. The number of piperidine rings is 1. The Hall–Kier alpha value is -2.18. The van der Waals surface area contributed by atoms with Crippen LogP contribution in [0.25, 0.3) is 10.8 Å². The predicted octanol–water partition coefficient (Wildman–Crippen LogP) is 3.34. The van der Waals surface area contributed by atoms with Crippen LogP contribution >= 0.6 is 0 Å². The SMILES string of the molecule is O=C(Nc1cccc2cnccc12)N1CCCC[C@H]1CCN1CCOCC1. The van der Waals surface area contributed by atoms with E-state index in [1.807, 2.05) is 35.4 Å². The standard InChI is InChI=1S/C21H28N4O2/c26-21(23-20-6-3-4-17-16-22-9-7-19(17)20)25-10-2-1-5-18(25)8-11-24-12-14-27-15-13-24/h3-4,6-7,9,16,18H,1-2,5,8,10-15H2,(H,23,26)/t18-/m0/s1. The first kappa shape index (κ1) is 18.2. The molecule has 0 unspecified atom stereocenters. The molecule has 6 heteroatoms. The van der Waals surface area contributed by atoms with E-state index in [4.69, 9.17) is 4.74 Å². The lowest BCUT2D eigenvalue weighted by atomic mass is 9.99. The topological polar surface area (TPSA) is 57.7 Å². The third-order valence-corrected chi connectivity index (χ3v) is 5.69. The molecule has 2 saturated heterocycles. The van der Waals surface area contributed by atoms with Gasteiger partial charge in [0.05, 0.1) is 18.9 Å². The Bertz CT molecular complexity index is 770. The molecule has 1 aromatic heterocycles. The van der Waals surface area contributed by atoms with Gasteiger partial charge >= 0.3 is 6.03 Å². The number of amides is 2. The van der Waals surface area contributed by atoms with Crippen LogP contribution in [0.1, 0.15) is 25.7 Å². The van der Waals surface area contributed by atoms with E-state index in [2.05, 4.69) is 15.2 Å². The monoisotopic (exact) mass is 368 g/mol. The molecule has 0 spiro atoms. The number of morpholine rings is 1. The van der Waals surface area contributed by atoms with E-state index in [0.29, 0.717) is 6.04 Å². The highest BCUT2D eigenvalue weighted by Crippen LogP contribution is 2.25. The van der Waals surface area contributed by atoms with Crippen LogP contribution in [0.3, 0.4) is 0 Å². The summed E-state index contributed by atoms with van der Waals surface area (Å²) in [4.78, 5) is 21.7. The normalized spacial score (nSPS) is 21.3. The van der Waals surface area contributed by atoms with E-state index in [9.17, 15) is 4.79 Å². The molecule has 144 valence electrons. The van der Waals surface area contributed by atoms with Crippen LogP contribution in [0.2, 0.25) is 0 Å². The molecule has 1 aromatic carbocycles. The number of carbonyl (C=O) groups excluding carboxylic acids is 1. The summed E-state index contributed by atoms with van der Waals surface area (Å²) in [5.41, 5.74) is 0.859. The minimum absolute atomic E-state index is 0.0194. The molecule has 1 atom stereocenters. The van der Waals surface area contributed by atoms with Gasteiger partial charge in [-0.1, -0.05) is 12.1 Å². The van der Waals surface area contributed by atoms with Crippen LogP contribution in [0.5, 0.6) is 0 Å². The quantitative estimate of drug-likeness (QED) is 0.899. The number of carbonyl (C=O) groups is 1. The van der Waals surface area contributed by atoms with Gasteiger partial charge in [0.1, 0.15) is 0 Å². The Kier molecular flexibility index (Phi) is 5.84. The third-order valence-electron chi connectivity index (χ3n) is 5.69. The highest BCUT2D eigenvalue weighted by Gasteiger charge is 2.27. The van der Waals surface area contributed by atoms with Gasteiger partial charge in [0.25, 0.3) is 0 Å². The number of urea groups is 1. The lowest BCUT2D eigenvalue weighted by molar-refractivity contribution is 0.0329. The van der Waals surface area contributed by atoms with Crippen molar-refractivity contribution in [3.63, 3.8) is 0 Å². The Labute approximate surface area is 160 Å². The van der Waals surface area contributed by atoms with E-state index >= 15 is 0 Å².